The lowest BCUT2D eigenvalue weighted by molar-refractivity contribution is 0.562. The fourth-order valence-electron chi connectivity index (χ4n) is 2.15. The van der Waals surface area contributed by atoms with Crippen LogP contribution in [0, 0.1) is 13.8 Å². The molecule has 0 aromatic carbocycles. The topological polar surface area (TPSA) is 29.9 Å². The Morgan fingerprint density at radius 2 is 2.18 bits per heavy atom. The first kappa shape index (κ1) is 12.3. The minimum absolute atomic E-state index is 0.237. The van der Waals surface area contributed by atoms with Crippen LogP contribution in [0.15, 0.2) is 17.5 Å². The third kappa shape index (κ3) is 2.42. The Kier molecular flexibility index (Phi) is 3.64. The average molecular weight is 249 g/mol. The second-order valence-corrected chi connectivity index (χ2v) is 5.35. The van der Waals surface area contributed by atoms with Crippen molar-refractivity contribution in [2.45, 2.75) is 33.4 Å². The van der Waals surface area contributed by atoms with Crippen molar-refractivity contribution in [2.75, 3.05) is 7.05 Å². The molecule has 2 rings (SSSR count). The monoisotopic (exact) mass is 249 g/mol. The number of hydrogen-bond acceptors (Lipinski definition) is 3. The fraction of sp³-hybridized carbons (Fsp3) is 0.462. The van der Waals surface area contributed by atoms with Crippen LogP contribution in [0.2, 0.25) is 0 Å². The van der Waals surface area contributed by atoms with Gasteiger partial charge in [-0.25, -0.2) is 0 Å². The summed E-state index contributed by atoms with van der Waals surface area (Å²) in [6, 6.07) is 4.65. The zero-order chi connectivity index (χ0) is 12.4. The van der Waals surface area contributed by atoms with E-state index in [1.807, 2.05) is 14.0 Å². The van der Waals surface area contributed by atoms with Gasteiger partial charge in [-0.15, -0.1) is 11.3 Å². The van der Waals surface area contributed by atoms with E-state index in [4.69, 9.17) is 0 Å². The van der Waals surface area contributed by atoms with Gasteiger partial charge in [0, 0.05) is 11.4 Å². The number of aromatic nitrogens is 2. The number of nitrogens with one attached hydrogen (secondary N) is 1. The molecule has 0 aliphatic heterocycles. The molecule has 0 aliphatic carbocycles. The molecule has 0 bridgehead atoms. The van der Waals surface area contributed by atoms with E-state index in [0.717, 1.165) is 12.2 Å². The van der Waals surface area contributed by atoms with E-state index in [2.05, 4.69) is 46.5 Å². The Morgan fingerprint density at radius 3 is 2.71 bits per heavy atom. The van der Waals surface area contributed by atoms with Gasteiger partial charge < -0.3 is 5.32 Å². The zero-order valence-electron chi connectivity index (χ0n) is 10.8. The van der Waals surface area contributed by atoms with Crippen LogP contribution >= 0.6 is 11.3 Å². The summed E-state index contributed by atoms with van der Waals surface area (Å²) in [6.45, 7) is 7.22. The number of nitrogens with zero attached hydrogens (tertiary/aromatic N) is 2. The number of thiophene rings is 1. The first-order valence-electron chi connectivity index (χ1n) is 5.92. The second-order valence-electron chi connectivity index (χ2n) is 4.24. The molecule has 1 N–H and O–H groups in total. The molecule has 2 aromatic heterocycles. The molecule has 2 aromatic rings. The summed E-state index contributed by atoms with van der Waals surface area (Å²) in [5, 5.41) is 10.1. The van der Waals surface area contributed by atoms with Gasteiger partial charge in [-0.05, 0) is 50.9 Å². The molecule has 17 heavy (non-hydrogen) atoms. The molecule has 2 heterocycles. The molecule has 0 saturated carbocycles. The van der Waals surface area contributed by atoms with E-state index in [9.17, 15) is 0 Å². The molecular formula is C13H19N3S. The van der Waals surface area contributed by atoms with Crippen LogP contribution in [0.4, 0.5) is 0 Å². The summed E-state index contributed by atoms with van der Waals surface area (Å²) in [7, 11) is 2.00. The molecule has 0 aliphatic rings. The highest BCUT2D eigenvalue weighted by Crippen LogP contribution is 2.26. The Balaban J connectivity index is 2.41. The van der Waals surface area contributed by atoms with Gasteiger partial charge in [-0.3, -0.25) is 4.68 Å². The second kappa shape index (κ2) is 5.02. The Labute approximate surface area is 106 Å². The predicted molar refractivity (Wildman–Crippen MR) is 72.6 cm³/mol. The molecule has 92 valence electrons. The summed E-state index contributed by atoms with van der Waals surface area (Å²) in [5.74, 6) is 0. The van der Waals surface area contributed by atoms with Crippen molar-refractivity contribution in [2.24, 2.45) is 0 Å². The maximum atomic E-state index is 4.51. The molecule has 0 spiro atoms. The van der Waals surface area contributed by atoms with E-state index in [1.165, 1.54) is 16.1 Å². The van der Waals surface area contributed by atoms with Crippen molar-refractivity contribution in [3.8, 4) is 0 Å². The van der Waals surface area contributed by atoms with Crippen molar-refractivity contribution < 1.29 is 0 Å². The van der Waals surface area contributed by atoms with Crippen LogP contribution in [0.5, 0.6) is 0 Å². The van der Waals surface area contributed by atoms with Crippen molar-refractivity contribution >= 4 is 11.3 Å². The largest absolute Gasteiger partial charge is 0.308 e. The molecule has 3 nitrogen and oxygen atoms in total. The van der Waals surface area contributed by atoms with Gasteiger partial charge in [0.25, 0.3) is 0 Å². The number of hydrogen-bond donors (Lipinski definition) is 1. The van der Waals surface area contributed by atoms with Crippen molar-refractivity contribution in [1.29, 1.82) is 0 Å². The average Bonchev–Trinajstić information content (AvgIpc) is 2.87. The minimum atomic E-state index is 0.237. The summed E-state index contributed by atoms with van der Waals surface area (Å²) in [6.07, 6.45) is 0. The molecule has 1 unspecified atom stereocenters. The van der Waals surface area contributed by atoms with E-state index in [1.54, 1.807) is 11.3 Å². The van der Waals surface area contributed by atoms with E-state index >= 15 is 0 Å². The Morgan fingerprint density at radius 1 is 1.41 bits per heavy atom. The van der Waals surface area contributed by atoms with E-state index < -0.39 is 0 Å². The number of rotatable bonds is 4. The smallest absolute Gasteiger partial charge is 0.0754 e. The van der Waals surface area contributed by atoms with Gasteiger partial charge in [0.2, 0.25) is 0 Å². The SMILES string of the molecule is CCn1nc(C)cc1C(NC)c1csc(C)c1. The summed E-state index contributed by atoms with van der Waals surface area (Å²) < 4.78 is 2.07. The van der Waals surface area contributed by atoms with Gasteiger partial charge in [0.05, 0.1) is 17.4 Å². The van der Waals surface area contributed by atoms with Crippen molar-refractivity contribution in [3.63, 3.8) is 0 Å². The zero-order valence-corrected chi connectivity index (χ0v) is 11.6. The van der Waals surface area contributed by atoms with Crippen molar-refractivity contribution in [3.05, 3.63) is 39.3 Å². The first-order chi connectivity index (χ1) is 8.15. The first-order valence-corrected chi connectivity index (χ1v) is 6.80. The Hall–Kier alpha value is -1.13. The lowest BCUT2D eigenvalue weighted by Crippen LogP contribution is -2.20. The quantitative estimate of drug-likeness (QED) is 0.903. The molecule has 0 amide bonds. The third-order valence-corrected chi connectivity index (χ3v) is 3.78. The highest BCUT2D eigenvalue weighted by Gasteiger charge is 2.18. The number of aryl methyl sites for hydroxylation is 3. The van der Waals surface area contributed by atoms with Crippen LogP contribution in [0.3, 0.4) is 0 Å². The predicted octanol–water partition coefficient (Wildman–Crippen LogP) is 2.89. The third-order valence-electron chi connectivity index (χ3n) is 2.90. The van der Waals surface area contributed by atoms with Gasteiger partial charge in [0.1, 0.15) is 0 Å². The standard InChI is InChI=1S/C13H19N3S/c1-5-16-12(6-9(2)15-16)13(14-4)11-7-10(3)17-8-11/h6-8,13-14H,5H2,1-4H3. The lowest BCUT2D eigenvalue weighted by Gasteiger charge is -2.16. The fourth-order valence-corrected chi connectivity index (χ4v) is 2.88. The maximum absolute atomic E-state index is 4.51. The van der Waals surface area contributed by atoms with Gasteiger partial charge in [0.15, 0.2) is 0 Å². The summed E-state index contributed by atoms with van der Waals surface area (Å²) in [4.78, 5) is 1.35. The minimum Gasteiger partial charge on any atom is -0.308 e. The van der Waals surface area contributed by atoms with Gasteiger partial charge >= 0.3 is 0 Å². The maximum Gasteiger partial charge on any atom is 0.0754 e. The van der Waals surface area contributed by atoms with Gasteiger partial charge in [-0.1, -0.05) is 0 Å². The van der Waals surface area contributed by atoms with E-state index in [-0.39, 0.29) is 6.04 Å². The van der Waals surface area contributed by atoms with Crippen LogP contribution in [0.25, 0.3) is 0 Å². The molecule has 0 fully saturated rings. The highest BCUT2D eigenvalue weighted by atomic mass is 32.1. The highest BCUT2D eigenvalue weighted by molar-refractivity contribution is 7.10. The molecular weight excluding hydrogens is 230 g/mol. The molecule has 4 heteroatoms. The lowest BCUT2D eigenvalue weighted by atomic mass is 10.1. The summed E-state index contributed by atoms with van der Waals surface area (Å²) >= 11 is 1.79. The Bertz CT molecular complexity index is 498. The van der Waals surface area contributed by atoms with Crippen LogP contribution in [0.1, 0.15) is 34.8 Å². The van der Waals surface area contributed by atoms with Crippen LogP contribution in [-0.2, 0) is 6.54 Å². The molecule has 0 saturated heterocycles. The van der Waals surface area contributed by atoms with Gasteiger partial charge in [-0.2, -0.15) is 5.10 Å². The normalized spacial score (nSPS) is 12.9. The van der Waals surface area contributed by atoms with Crippen LogP contribution in [-0.4, -0.2) is 16.8 Å². The van der Waals surface area contributed by atoms with Crippen molar-refractivity contribution in [1.82, 2.24) is 15.1 Å². The van der Waals surface area contributed by atoms with E-state index in [0.29, 0.717) is 0 Å². The molecule has 0 radical (unpaired) electrons. The molecule has 1 atom stereocenters. The van der Waals surface area contributed by atoms with Crippen LogP contribution < -0.4 is 5.32 Å². The summed E-state index contributed by atoms with van der Waals surface area (Å²) in [5.41, 5.74) is 3.64.